The Balaban J connectivity index is 1.47. The average Bonchev–Trinajstić information content (AvgIpc) is 3.33. The lowest BCUT2D eigenvalue weighted by Gasteiger charge is -2.19. The van der Waals surface area contributed by atoms with E-state index in [-0.39, 0.29) is 0 Å². The number of methoxy groups -OCH3 is 2. The minimum absolute atomic E-state index is 0.364. The van der Waals surface area contributed by atoms with Gasteiger partial charge in [0.1, 0.15) is 17.3 Å². The van der Waals surface area contributed by atoms with Gasteiger partial charge in [-0.15, -0.1) is 0 Å². The molecule has 1 aromatic heterocycles. The molecular formula is C22H33N5O3. The summed E-state index contributed by atoms with van der Waals surface area (Å²) in [7, 11) is 5.16. The molecule has 1 saturated heterocycles. The number of aryl methyl sites for hydroxylation is 2. The van der Waals surface area contributed by atoms with Crippen LogP contribution >= 0.6 is 0 Å². The summed E-state index contributed by atoms with van der Waals surface area (Å²) < 4.78 is 16.0. The minimum atomic E-state index is 0.364. The highest BCUT2D eigenvalue weighted by molar-refractivity contribution is 5.80. The summed E-state index contributed by atoms with van der Waals surface area (Å²) in [5, 5.41) is 11.0. The van der Waals surface area contributed by atoms with Crippen LogP contribution in [0.3, 0.4) is 0 Å². The second kappa shape index (κ2) is 10.3. The molecule has 3 rings (SSSR count). The molecule has 1 aliphatic heterocycles. The number of aromatic nitrogens is 1. The molecule has 0 saturated carbocycles. The fraction of sp³-hybridized carbons (Fsp3) is 0.545. The molecule has 30 heavy (non-hydrogen) atoms. The Morgan fingerprint density at radius 1 is 1.23 bits per heavy atom. The Morgan fingerprint density at radius 2 is 1.97 bits per heavy atom. The van der Waals surface area contributed by atoms with Gasteiger partial charge in [-0.3, -0.25) is 9.89 Å². The van der Waals surface area contributed by atoms with E-state index in [9.17, 15) is 0 Å². The van der Waals surface area contributed by atoms with Crippen molar-refractivity contribution in [1.82, 2.24) is 20.7 Å². The van der Waals surface area contributed by atoms with Gasteiger partial charge in [-0.25, -0.2) is 0 Å². The van der Waals surface area contributed by atoms with Crippen LogP contribution in [0.25, 0.3) is 0 Å². The topological polar surface area (TPSA) is 84.2 Å². The van der Waals surface area contributed by atoms with Crippen LogP contribution in [0.1, 0.15) is 29.0 Å². The molecule has 0 spiro atoms. The molecule has 8 heteroatoms. The van der Waals surface area contributed by atoms with E-state index in [0.29, 0.717) is 6.04 Å². The van der Waals surface area contributed by atoms with Gasteiger partial charge in [-0.05, 0) is 44.4 Å². The molecule has 0 amide bonds. The summed E-state index contributed by atoms with van der Waals surface area (Å²) in [5.41, 5.74) is 3.31. The number of nitrogens with one attached hydrogen (secondary N) is 2. The first-order valence-corrected chi connectivity index (χ1v) is 10.4. The molecule has 2 heterocycles. The van der Waals surface area contributed by atoms with Gasteiger partial charge in [-0.2, -0.15) is 0 Å². The molecule has 0 radical (unpaired) electrons. The van der Waals surface area contributed by atoms with Crippen molar-refractivity contribution in [2.75, 3.05) is 40.9 Å². The van der Waals surface area contributed by atoms with E-state index in [1.54, 1.807) is 21.3 Å². The summed E-state index contributed by atoms with van der Waals surface area (Å²) in [6.45, 7) is 7.57. The Bertz CT molecular complexity index is 823. The zero-order chi connectivity index (χ0) is 21.5. The quantitative estimate of drug-likeness (QED) is 0.505. The SMILES string of the molecule is CN=C(NCCc1c(C)noc1C)NC1CCN(Cc2cc(OC)cc(OC)c2)C1. The van der Waals surface area contributed by atoms with Crippen LogP contribution in [-0.4, -0.2) is 63.0 Å². The van der Waals surface area contributed by atoms with E-state index in [1.165, 1.54) is 11.1 Å². The van der Waals surface area contributed by atoms with Crippen molar-refractivity contribution < 1.29 is 14.0 Å². The molecule has 1 aromatic carbocycles. The number of nitrogens with zero attached hydrogens (tertiary/aromatic N) is 3. The van der Waals surface area contributed by atoms with Crippen LogP contribution in [0.15, 0.2) is 27.7 Å². The number of likely N-dealkylation sites (tertiary alicyclic amines) is 1. The largest absolute Gasteiger partial charge is 0.497 e. The molecule has 1 unspecified atom stereocenters. The first-order chi connectivity index (χ1) is 14.5. The number of rotatable bonds is 8. The van der Waals surface area contributed by atoms with Crippen molar-refractivity contribution >= 4 is 5.96 Å². The maximum absolute atomic E-state index is 5.38. The molecule has 0 aliphatic carbocycles. The highest BCUT2D eigenvalue weighted by Crippen LogP contribution is 2.24. The average molecular weight is 416 g/mol. The molecule has 2 aromatic rings. The number of hydrogen-bond donors (Lipinski definition) is 2. The van der Waals surface area contributed by atoms with Gasteiger partial charge in [0.15, 0.2) is 5.96 Å². The van der Waals surface area contributed by atoms with E-state index in [2.05, 4.69) is 37.8 Å². The van der Waals surface area contributed by atoms with Gasteiger partial charge < -0.3 is 24.6 Å². The van der Waals surface area contributed by atoms with E-state index < -0.39 is 0 Å². The predicted octanol–water partition coefficient (Wildman–Crippen LogP) is 2.29. The first kappa shape index (κ1) is 22.0. The lowest BCUT2D eigenvalue weighted by Crippen LogP contribution is -2.45. The van der Waals surface area contributed by atoms with Gasteiger partial charge >= 0.3 is 0 Å². The van der Waals surface area contributed by atoms with Crippen LogP contribution < -0.4 is 20.1 Å². The minimum Gasteiger partial charge on any atom is -0.497 e. The molecule has 164 valence electrons. The third kappa shape index (κ3) is 5.66. The lowest BCUT2D eigenvalue weighted by molar-refractivity contribution is 0.321. The van der Waals surface area contributed by atoms with Crippen LogP contribution in [0.5, 0.6) is 11.5 Å². The Hall–Kier alpha value is -2.74. The standard InChI is InChI=1S/C22H33N5O3/c1-15-21(16(2)30-26-15)6-8-24-22(23-3)25-18-7-9-27(14-18)13-17-10-19(28-4)12-20(11-17)29-5/h10-12,18H,6-9,13-14H2,1-5H3,(H2,23,24,25). The zero-order valence-corrected chi connectivity index (χ0v) is 18.6. The van der Waals surface area contributed by atoms with E-state index in [0.717, 1.165) is 67.9 Å². The van der Waals surface area contributed by atoms with Crippen LogP contribution in [-0.2, 0) is 13.0 Å². The van der Waals surface area contributed by atoms with E-state index in [4.69, 9.17) is 14.0 Å². The number of aliphatic imine (C=N–C) groups is 1. The maximum atomic E-state index is 5.38. The van der Waals surface area contributed by atoms with E-state index in [1.807, 2.05) is 19.9 Å². The highest BCUT2D eigenvalue weighted by Gasteiger charge is 2.23. The van der Waals surface area contributed by atoms with Crippen molar-refractivity contribution in [2.24, 2.45) is 4.99 Å². The van der Waals surface area contributed by atoms with Crippen molar-refractivity contribution in [2.45, 2.75) is 39.3 Å². The summed E-state index contributed by atoms with van der Waals surface area (Å²) >= 11 is 0. The predicted molar refractivity (Wildman–Crippen MR) is 117 cm³/mol. The fourth-order valence-corrected chi connectivity index (χ4v) is 3.86. The maximum Gasteiger partial charge on any atom is 0.191 e. The van der Waals surface area contributed by atoms with Gasteiger partial charge in [0.25, 0.3) is 0 Å². The van der Waals surface area contributed by atoms with Gasteiger partial charge in [0.05, 0.1) is 19.9 Å². The molecule has 2 N–H and O–H groups in total. The third-order valence-electron chi connectivity index (χ3n) is 5.50. The monoisotopic (exact) mass is 415 g/mol. The summed E-state index contributed by atoms with van der Waals surface area (Å²) in [6, 6.07) is 6.40. The molecule has 8 nitrogen and oxygen atoms in total. The summed E-state index contributed by atoms with van der Waals surface area (Å²) in [4.78, 5) is 6.81. The van der Waals surface area contributed by atoms with Crippen LogP contribution in [0.2, 0.25) is 0 Å². The lowest BCUT2D eigenvalue weighted by atomic mass is 10.1. The van der Waals surface area contributed by atoms with Crippen molar-refractivity contribution in [3.05, 3.63) is 40.8 Å². The highest BCUT2D eigenvalue weighted by atomic mass is 16.5. The second-order valence-electron chi connectivity index (χ2n) is 7.64. The van der Waals surface area contributed by atoms with E-state index >= 15 is 0 Å². The second-order valence-corrected chi connectivity index (χ2v) is 7.64. The molecular weight excluding hydrogens is 382 g/mol. The number of benzene rings is 1. The third-order valence-corrected chi connectivity index (χ3v) is 5.50. The van der Waals surface area contributed by atoms with Gasteiger partial charge in [0, 0.05) is 50.9 Å². The fourth-order valence-electron chi connectivity index (χ4n) is 3.86. The zero-order valence-electron chi connectivity index (χ0n) is 18.6. The van der Waals surface area contributed by atoms with Crippen LogP contribution in [0, 0.1) is 13.8 Å². The van der Waals surface area contributed by atoms with Crippen molar-refractivity contribution in [1.29, 1.82) is 0 Å². The number of ether oxygens (including phenoxy) is 2. The van der Waals surface area contributed by atoms with Gasteiger partial charge in [-0.1, -0.05) is 5.16 Å². The first-order valence-electron chi connectivity index (χ1n) is 10.4. The summed E-state index contributed by atoms with van der Waals surface area (Å²) in [6.07, 6.45) is 1.93. The Morgan fingerprint density at radius 3 is 2.57 bits per heavy atom. The normalized spacial score (nSPS) is 17.2. The van der Waals surface area contributed by atoms with Crippen molar-refractivity contribution in [3.63, 3.8) is 0 Å². The molecule has 1 fully saturated rings. The summed E-state index contributed by atoms with van der Waals surface area (Å²) in [5.74, 6) is 3.36. The van der Waals surface area contributed by atoms with Crippen molar-refractivity contribution in [3.8, 4) is 11.5 Å². The Labute approximate surface area is 178 Å². The number of guanidine groups is 1. The smallest absolute Gasteiger partial charge is 0.191 e. The molecule has 1 aliphatic rings. The number of hydrogen-bond acceptors (Lipinski definition) is 6. The molecule has 1 atom stereocenters. The Kier molecular flexibility index (Phi) is 7.57. The van der Waals surface area contributed by atoms with Crippen LogP contribution in [0.4, 0.5) is 0 Å². The molecule has 0 bridgehead atoms. The van der Waals surface area contributed by atoms with Gasteiger partial charge in [0.2, 0.25) is 0 Å².